The van der Waals surface area contributed by atoms with Crippen molar-refractivity contribution in [2.45, 2.75) is 4.90 Å². The smallest absolute Gasteiger partial charge is 0.277 e. The molecule has 3 aromatic rings. The third kappa shape index (κ3) is 4.06. The van der Waals surface area contributed by atoms with Gasteiger partial charge in [0, 0.05) is 31.3 Å². The summed E-state index contributed by atoms with van der Waals surface area (Å²) in [5.74, 6) is -0.436. The molecule has 0 aliphatic carbocycles. The highest BCUT2D eigenvalue weighted by Gasteiger charge is 2.17. The second-order valence-corrected chi connectivity index (χ2v) is 7.69. The number of amides is 1. The number of sulfonamides is 1. The second kappa shape index (κ2) is 7.22. The van der Waals surface area contributed by atoms with Gasteiger partial charge in [-0.1, -0.05) is 0 Å². The molecule has 11 heteroatoms. The van der Waals surface area contributed by atoms with Gasteiger partial charge >= 0.3 is 0 Å². The number of nitrogens with zero attached hydrogens (tertiary/aromatic N) is 4. The Morgan fingerprint density at radius 2 is 1.81 bits per heavy atom. The maximum Gasteiger partial charge on any atom is 0.277 e. The summed E-state index contributed by atoms with van der Waals surface area (Å²) < 4.78 is 29.0. The summed E-state index contributed by atoms with van der Waals surface area (Å²) in [6.07, 6.45) is 4.51. The summed E-state index contributed by atoms with van der Waals surface area (Å²) >= 11 is 3.26. The fourth-order valence-electron chi connectivity index (χ4n) is 2.05. The van der Waals surface area contributed by atoms with Crippen molar-refractivity contribution in [1.82, 2.24) is 19.7 Å². The molecule has 26 heavy (non-hydrogen) atoms. The van der Waals surface area contributed by atoms with Gasteiger partial charge < -0.3 is 5.32 Å². The van der Waals surface area contributed by atoms with Crippen molar-refractivity contribution >= 4 is 43.5 Å². The third-order valence-electron chi connectivity index (χ3n) is 3.21. The Hall–Kier alpha value is -2.79. The Balaban J connectivity index is 1.74. The van der Waals surface area contributed by atoms with Gasteiger partial charge in [0.15, 0.2) is 5.69 Å². The predicted molar refractivity (Wildman–Crippen MR) is 98.1 cm³/mol. The average Bonchev–Trinajstić information content (AvgIpc) is 2.94. The van der Waals surface area contributed by atoms with E-state index in [4.69, 9.17) is 0 Å². The fraction of sp³-hybridized carbons (Fsp3) is 0.0667. The van der Waals surface area contributed by atoms with E-state index in [9.17, 15) is 13.2 Å². The molecule has 0 radical (unpaired) electrons. The van der Waals surface area contributed by atoms with Crippen LogP contribution < -0.4 is 10.0 Å². The Bertz CT molecular complexity index is 1040. The number of halogens is 1. The molecule has 0 bridgehead atoms. The first-order chi connectivity index (χ1) is 12.3. The molecule has 134 valence electrons. The van der Waals surface area contributed by atoms with E-state index in [1.54, 1.807) is 19.3 Å². The Kier molecular flexibility index (Phi) is 5.00. The summed E-state index contributed by atoms with van der Waals surface area (Å²) in [4.78, 5) is 19.9. The van der Waals surface area contributed by atoms with Crippen LogP contribution in [-0.2, 0) is 17.1 Å². The van der Waals surface area contributed by atoms with E-state index in [1.165, 1.54) is 41.3 Å². The van der Waals surface area contributed by atoms with Crippen molar-refractivity contribution in [1.29, 1.82) is 0 Å². The lowest BCUT2D eigenvalue weighted by molar-refractivity contribution is 0.102. The van der Waals surface area contributed by atoms with E-state index in [1.807, 2.05) is 0 Å². The van der Waals surface area contributed by atoms with Crippen LogP contribution in [-0.4, -0.2) is 34.1 Å². The number of carbonyl (C=O) groups excluding carboxylic acids is 1. The molecule has 0 aliphatic heterocycles. The molecule has 0 fully saturated rings. The van der Waals surface area contributed by atoms with Gasteiger partial charge in [-0.2, -0.15) is 5.10 Å². The predicted octanol–water partition coefficient (Wildman–Crippen LogP) is 2.03. The normalized spacial score (nSPS) is 11.2. The molecule has 2 heterocycles. The van der Waals surface area contributed by atoms with Crippen molar-refractivity contribution < 1.29 is 13.2 Å². The lowest BCUT2D eigenvalue weighted by Gasteiger charge is -2.08. The topological polar surface area (TPSA) is 119 Å². The first kappa shape index (κ1) is 18.0. The molecule has 0 saturated heterocycles. The molecule has 0 aliphatic rings. The van der Waals surface area contributed by atoms with Crippen molar-refractivity contribution in [3.8, 4) is 0 Å². The maximum absolute atomic E-state index is 12.3. The zero-order valence-corrected chi connectivity index (χ0v) is 15.8. The van der Waals surface area contributed by atoms with Crippen molar-refractivity contribution in [3.05, 3.63) is 59.1 Å². The van der Waals surface area contributed by atoms with Crippen molar-refractivity contribution in [3.63, 3.8) is 0 Å². The molecule has 0 spiro atoms. The minimum atomic E-state index is -3.82. The van der Waals surface area contributed by atoms with Crippen LogP contribution in [0.1, 0.15) is 10.5 Å². The number of carbonyl (C=O) groups is 1. The number of aromatic nitrogens is 4. The van der Waals surface area contributed by atoms with Gasteiger partial charge in [-0.25, -0.2) is 23.1 Å². The maximum atomic E-state index is 12.3. The van der Waals surface area contributed by atoms with Gasteiger partial charge in [-0.05, 0) is 46.3 Å². The quantitative estimate of drug-likeness (QED) is 0.631. The summed E-state index contributed by atoms with van der Waals surface area (Å²) in [6.45, 7) is 0. The number of aryl methyl sites for hydroxylation is 1. The van der Waals surface area contributed by atoms with E-state index in [2.05, 4.69) is 41.0 Å². The molecule has 1 aromatic carbocycles. The largest absolute Gasteiger partial charge is 0.321 e. The van der Waals surface area contributed by atoms with Crippen LogP contribution in [0.5, 0.6) is 0 Å². The zero-order chi connectivity index (χ0) is 18.7. The second-order valence-electron chi connectivity index (χ2n) is 5.16. The van der Waals surface area contributed by atoms with Crippen LogP contribution in [0.3, 0.4) is 0 Å². The number of anilines is 2. The molecule has 0 atom stereocenters. The summed E-state index contributed by atoms with van der Waals surface area (Å²) in [6, 6.07) is 7.28. The Morgan fingerprint density at radius 3 is 2.38 bits per heavy atom. The minimum absolute atomic E-state index is 0.0157. The summed E-state index contributed by atoms with van der Waals surface area (Å²) in [5.41, 5.74) is 0.662. The standard InChI is InChI=1S/C15H13BrN6O3S/c1-22-9-12(16)13(20-22)14(23)19-10-3-5-11(6-4-10)26(24,25)21-15-17-7-2-8-18-15/h2-9H,1H3,(H,19,23)(H,17,18,21). The van der Waals surface area contributed by atoms with Crippen LogP contribution in [0.4, 0.5) is 11.6 Å². The van der Waals surface area contributed by atoms with E-state index < -0.39 is 15.9 Å². The number of benzene rings is 1. The molecule has 2 N–H and O–H groups in total. The van der Waals surface area contributed by atoms with Crippen LogP contribution in [0.15, 0.2) is 58.3 Å². The first-order valence-electron chi connectivity index (χ1n) is 7.25. The molecule has 1 amide bonds. The monoisotopic (exact) mass is 436 g/mol. The van der Waals surface area contributed by atoms with Crippen LogP contribution >= 0.6 is 15.9 Å². The van der Waals surface area contributed by atoms with E-state index in [0.29, 0.717) is 10.2 Å². The number of nitrogens with one attached hydrogen (secondary N) is 2. The Morgan fingerprint density at radius 1 is 1.15 bits per heavy atom. The van der Waals surface area contributed by atoms with Gasteiger partial charge in [-0.15, -0.1) is 0 Å². The zero-order valence-electron chi connectivity index (χ0n) is 13.4. The molecule has 0 unspecified atom stereocenters. The highest BCUT2D eigenvalue weighted by molar-refractivity contribution is 9.10. The number of hydrogen-bond acceptors (Lipinski definition) is 6. The molecular formula is C15H13BrN6O3S. The lowest BCUT2D eigenvalue weighted by Crippen LogP contribution is -2.16. The SMILES string of the molecule is Cn1cc(Br)c(C(=O)Nc2ccc(S(=O)(=O)Nc3ncccn3)cc2)n1. The number of rotatable bonds is 5. The van der Waals surface area contributed by atoms with Gasteiger partial charge in [0.05, 0.1) is 9.37 Å². The minimum Gasteiger partial charge on any atom is -0.321 e. The first-order valence-corrected chi connectivity index (χ1v) is 9.53. The van der Waals surface area contributed by atoms with E-state index >= 15 is 0 Å². The molecule has 3 rings (SSSR count). The molecule has 2 aromatic heterocycles. The lowest BCUT2D eigenvalue weighted by atomic mass is 10.3. The van der Waals surface area contributed by atoms with E-state index in [-0.39, 0.29) is 16.5 Å². The molecule has 9 nitrogen and oxygen atoms in total. The van der Waals surface area contributed by atoms with Crippen LogP contribution in [0.2, 0.25) is 0 Å². The fourth-order valence-corrected chi connectivity index (χ4v) is 3.57. The molecule has 0 saturated carbocycles. The number of hydrogen-bond donors (Lipinski definition) is 2. The average molecular weight is 437 g/mol. The third-order valence-corrected chi connectivity index (χ3v) is 5.14. The van der Waals surface area contributed by atoms with Crippen LogP contribution in [0.25, 0.3) is 0 Å². The van der Waals surface area contributed by atoms with Gasteiger partial charge in [-0.3, -0.25) is 9.48 Å². The van der Waals surface area contributed by atoms with Gasteiger partial charge in [0.2, 0.25) is 5.95 Å². The van der Waals surface area contributed by atoms with Gasteiger partial charge in [0.1, 0.15) is 0 Å². The van der Waals surface area contributed by atoms with Crippen LogP contribution in [0, 0.1) is 0 Å². The molecular weight excluding hydrogens is 424 g/mol. The Labute approximate surface area is 157 Å². The summed E-state index contributed by atoms with van der Waals surface area (Å²) in [7, 11) is -2.13. The van der Waals surface area contributed by atoms with E-state index in [0.717, 1.165) is 0 Å². The summed E-state index contributed by atoms with van der Waals surface area (Å²) in [5, 5.41) is 6.70. The highest BCUT2D eigenvalue weighted by Crippen LogP contribution is 2.19. The van der Waals surface area contributed by atoms with Crippen molar-refractivity contribution in [2.75, 3.05) is 10.0 Å². The van der Waals surface area contributed by atoms with Crippen molar-refractivity contribution in [2.24, 2.45) is 7.05 Å². The highest BCUT2D eigenvalue weighted by atomic mass is 79.9. The van der Waals surface area contributed by atoms with Gasteiger partial charge in [0.25, 0.3) is 15.9 Å².